The van der Waals surface area contributed by atoms with Gasteiger partial charge in [0.05, 0.1) is 12.0 Å². The second-order valence-corrected chi connectivity index (χ2v) is 4.43. The van der Waals surface area contributed by atoms with E-state index in [1.54, 1.807) is 6.07 Å². The SMILES string of the molecule is CCC1OCCCC1C(=O)Nc1ncccc1O. The van der Waals surface area contributed by atoms with Crippen LogP contribution in [0.2, 0.25) is 0 Å². The molecule has 0 spiro atoms. The normalized spacial score (nSPS) is 23.6. The van der Waals surface area contributed by atoms with Gasteiger partial charge in [0.25, 0.3) is 0 Å². The zero-order valence-corrected chi connectivity index (χ0v) is 10.4. The summed E-state index contributed by atoms with van der Waals surface area (Å²) in [6.07, 6.45) is 4.02. The number of hydrogen-bond acceptors (Lipinski definition) is 4. The molecule has 1 amide bonds. The smallest absolute Gasteiger partial charge is 0.231 e. The number of rotatable bonds is 3. The van der Waals surface area contributed by atoms with E-state index in [1.165, 1.54) is 12.3 Å². The average Bonchev–Trinajstić information content (AvgIpc) is 2.41. The molecule has 1 aliphatic heterocycles. The monoisotopic (exact) mass is 250 g/mol. The fraction of sp³-hybridized carbons (Fsp3) is 0.538. The number of ether oxygens (including phenoxy) is 1. The quantitative estimate of drug-likeness (QED) is 0.859. The molecule has 18 heavy (non-hydrogen) atoms. The molecule has 5 nitrogen and oxygen atoms in total. The largest absolute Gasteiger partial charge is 0.504 e. The summed E-state index contributed by atoms with van der Waals surface area (Å²) in [7, 11) is 0. The molecule has 98 valence electrons. The summed E-state index contributed by atoms with van der Waals surface area (Å²) in [5, 5.41) is 12.2. The van der Waals surface area contributed by atoms with Gasteiger partial charge in [-0.1, -0.05) is 6.92 Å². The maximum Gasteiger partial charge on any atom is 0.231 e. The van der Waals surface area contributed by atoms with Gasteiger partial charge in [0.15, 0.2) is 11.6 Å². The van der Waals surface area contributed by atoms with Crippen LogP contribution in [0, 0.1) is 5.92 Å². The van der Waals surface area contributed by atoms with Gasteiger partial charge in [0.2, 0.25) is 5.91 Å². The van der Waals surface area contributed by atoms with Gasteiger partial charge in [-0.05, 0) is 31.4 Å². The lowest BCUT2D eigenvalue weighted by atomic mass is 9.92. The molecular formula is C13H18N2O3. The molecule has 1 fully saturated rings. The van der Waals surface area contributed by atoms with Crippen molar-refractivity contribution in [2.75, 3.05) is 11.9 Å². The number of hydrogen-bond donors (Lipinski definition) is 2. The molecule has 0 aromatic carbocycles. The predicted molar refractivity (Wildman–Crippen MR) is 67.3 cm³/mol. The molecule has 1 aromatic heterocycles. The molecule has 2 rings (SSSR count). The minimum atomic E-state index is -0.162. The Hall–Kier alpha value is -1.62. The standard InChI is InChI=1S/C13H18N2O3/c1-2-11-9(5-4-8-18-11)13(17)15-12-10(16)6-3-7-14-12/h3,6-7,9,11,16H,2,4-5,8H2,1H3,(H,14,15,17). The highest BCUT2D eigenvalue weighted by Gasteiger charge is 2.31. The highest BCUT2D eigenvalue weighted by Crippen LogP contribution is 2.26. The van der Waals surface area contributed by atoms with E-state index in [2.05, 4.69) is 10.3 Å². The molecule has 1 aliphatic rings. The number of amides is 1. The number of aromatic nitrogens is 1. The number of carbonyl (C=O) groups excluding carboxylic acids is 1. The van der Waals surface area contributed by atoms with Crippen LogP contribution in [0.5, 0.6) is 5.75 Å². The van der Waals surface area contributed by atoms with Crippen molar-refractivity contribution in [2.45, 2.75) is 32.3 Å². The first-order valence-corrected chi connectivity index (χ1v) is 6.28. The maximum absolute atomic E-state index is 12.1. The summed E-state index contributed by atoms with van der Waals surface area (Å²) in [4.78, 5) is 16.1. The van der Waals surface area contributed by atoms with Crippen molar-refractivity contribution < 1.29 is 14.6 Å². The first-order valence-electron chi connectivity index (χ1n) is 6.28. The van der Waals surface area contributed by atoms with Crippen molar-refractivity contribution >= 4 is 11.7 Å². The van der Waals surface area contributed by atoms with Crippen molar-refractivity contribution in [3.63, 3.8) is 0 Å². The summed E-state index contributed by atoms with van der Waals surface area (Å²) in [5.74, 6) is -0.0979. The molecule has 1 saturated heterocycles. The van der Waals surface area contributed by atoms with Gasteiger partial charge in [-0.25, -0.2) is 4.98 Å². The van der Waals surface area contributed by atoms with Gasteiger partial charge in [-0.3, -0.25) is 4.79 Å². The Morgan fingerprint density at radius 2 is 2.50 bits per heavy atom. The number of anilines is 1. The summed E-state index contributed by atoms with van der Waals surface area (Å²) in [6.45, 7) is 2.73. The van der Waals surface area contributed by atoms with Crippen LogP contribution in [0.4, 0.5) is 5.82 Å². The van der Waals surface area contributed by atoms with Crippen molar-refractivity contribution in [1.29, 1.82) is 0 Å². The highest BCUT2D eigenvalue weighted by atomic mass is 16.5. The van der Waals surface area contributed by atoms with Crippen LogP contribution >= 0.6 is 0 Å². The van der Waals surface area contributed by atoms with Crippen LogP contribution in [0.15, 0.2) is 18.3 Å². The van der Waals surface area contributed by atoms with Gasteiger partial charge in [0.1, 0.15) is 0 Å². The number of nitrogens with zero attached hydrogens (tertiary/aromatic N) is 1. The summed E-state index contributed by atoms with van der Waals surface area (Å²) >= 11 is 0. The van der Waals surface area contributed by atoms with Crippen LogP contribution in [-0.4, -0.2) is 28.7 Å². The number of aromatic hydroxyl groups is 1. The van der Waals surface area contributed by atoms with E-state index in [1.807, 2.05) is 6.92 Å². The molecule has 2 unspecified atom stereocenters. The molecule has 2 heterocycles. The summed E-state index contributed by atoms with van der Waals surface area (Å²) in [6, 6.07) is 3.11. The topological polar surface area (TPSA) is 71.5 Å². The van der Waals surface area contributed by atoms with E-state index in [9.17, 15) is 9.90 Å². The van der Waals surface area contributed by atoms with Crippen molar-refractivity contribution in [3.8, 4) is 5.75 Å². The minimum absolute atomic E-state index is 0.0179. The third-order valence-corrected chi connectivity index (χ3v) is 3.21. The van der Waals surface area contributed by atoms with Crippen LogP contribution < -0.4 is 5.32 Å². The van der Waals surface area contributed by atoms with Crippen molar-refractivity contribution in [1.82, 2.24) is 4.98 Å². The average molecular weight is 250 g/mol. The molecule has 2 N–H and O–H groups in total. The lowest BCUT2D eigenvalue weighted by Gasteiger charge is -2.29. The molecule has 0 aliphatic carbocycles. The van der Waals surface area contributed by atoms with Crippen molar-refractivity contribution in [3.05, 3.63) is 18.3 Å². The third kappa shape index (κ3) is 2.79. The lowest BCUT2D eigenvalue weighted by molar-refractivity contribution is -0.129. The first-order chi connectivity index (χ1) is 8.72. The van der Waals surface area contributed by atoms with Gasteiger partial charge in [-0.15, -0.1) is 0 Å². The van der Waals surface area contributed by atoms with Crippen LogP contribution in [-0.2, 0) is 9.53 Å². The third-order valence-electron chi connectivity index (χ3n) is 3.21. The Labute approximate surface area is 106 Å². The van der Waals surface area contributed by atoms with Crippen molar-refractivity contribution in [2.24, 2.45) is 5.92 Å². The number of nitrogens with one attached hydrogen (secondary N) is 1. The fourth-order valence-corrected chi connectivity index (χ4v) is 2.24. The fourth-order valence-electron chi connectivity index (χ4n) is 2.24. The molecule has 1 aromatic rings. The molecule has 0 saturated carbocycles. The zero-order chi connectivity index (χ0) is 13.0. The first kappa shape index (κ1) is 12.8. The van der Waals surface area contributed by atoms with Gasteiger partial charge in [-0.2, -0.15) is 0 Å². The van der Waals surface area contributed by atoms with E-state index in [4.69, 9.17) is 4.74 Å². The van der Waals surface area contributed by atoms with Gasteiger partial charge in [0, 0.05) is 12.8 Å². The number of carbonyl (C=O) groups is 1. The minimum Gasteiger partial charge on any atom is -0.504 e. The Morgan fingerprint density at radius 1 is 1.67 bits per heavy atom. The predicted octanol–water partition coefficient (Wildman–Crippen LogP) is 1.93. The molecule has 0 bridgehead atoms. The zero-order valence-electron chi connectivity index (χ0n) is 10.4. The van der Waals surface area contributed by atoms with E-state index in [0.717, 1.165) is 25.9 Å². The van der Waals surface area contributed by atoms with Crippen LogP contribution in [0.3, 0.4) is 0 Å². The molecular weight excluding hydrogens is 232 g/mol. The Morgan fingerprint density at radius 3 is 3.22 bits per heavy atom. The summed E-state index contributed by atoms with van der Waals surface area (Å²) in [5.41, 5.74) is 0. The Bertz CT molecular complexity index is 422. The second-order valence-electron chi connectivity index (χ2n) is 4.43. The second kappa shape index (κ2) is 5.82. The van der Waals surface area contributed by atoms with Crippen LogP contribution in [0.1, 0.15) is 26.2 Å². The van der Waals surface area contributed by atoms with Gasteiger partial charge >= 0.3 is 0 Å². The van der Waals surface area contributed by atoms with E-state index in [-0.39, 0.29) is 29.5 Å². The maximum atomic E-state index is 12.1. The van der Waals surface area contributed by atoms with Crippen LogP contribution in [0.25, 0.3) is 0 Å². The Kier molecular flexibility index (Phi) is 4.15. The van der Waals surface area contributed by atoms with Gasteiger partial charge < -0.3 is 15.2 Å². The van der Waals surface area contributed by atoms with E-state index in [0.29, 0.717) is 0 Å². The number of pyridine rings is 1. The molecule has 2 atom stereocenters. The Balaban J connectivity index is 2.05. The highest BCUT2D eigenvalue weighted by molar-refractivity contribution is 5.93. The van der Waals surface area contributed by atoms with E-state index >= 15 is 0 Å². The lowest BCUT2D eigenvalue weighted by Crippen LogP contribution is -2.38. The molecule has 0 radical (unpaired) electrons. The molecule has 5 heteroatoms. The van der Waals surface area contributed by atoms with E-state index < -0.39 is 0 Å². The summed E-state index contributed by atoms with van der Waals surface area (Å²) < 4.78 is 5.59.